The predicted octanol–water partition coefficient (Wildman–Crippen LogP) is 0.564. The van der Waals surface area contributed by atoms with Gasteiger partial charge in [-0.1, -0.05) is 20.8 Å². The molecule has 1 unspecified atom stereocenters. The third-order valence-corrected chi connectivity index (χ3v) is 5.28. The smallest absolute Gasteiger partial charge is 0.282 e. The van der Waals surface area contributed by atoms with Crippen molar-refractivity contribution >= 4 is 16.1 Å². The van der Waals surface area contributed by atoms with E-state index in [-0.39, 0.29) is 5.91 Å². The van der Waals surface area contributed by atoms with Gasteiger partial charge in [0.25, 0.3) is 10.2 Å². The molecule has 1 atom stereocenters. The average molecular weight is 291 g/mol. The van der Waals surface area contributed by atoms with E-state index in [9.17, 15) is 13.2 Å². The number of hydrogen-bond donors (Lipinski definition) is 1. The van der Waals surface area contributed by atoms with Crippen LogP contribution in [0.2, 0.25) is 0 Å². The lowest BCUT2D eigenvalue weighted by atomic mass is 10.2. The van der Waals surface area contributed by atoms with E-state index in [2.05, 4.69) is 5.32 Å². The van der Waals surface area contributed by atoms with Crippen molar-refractivity contribution < 1.29 is 13.2 Å². The standard InChI is InChI=1S/C12H25N3O3S/c1-4-8-14(9-5-2)19(17,18)15-10-7-13-12(16)11(15)6-3/h11H,4-10H2,1-3H3,(H,13,16). The van der Waals surface area contributed by atoms with E-state index in [1.54, 1.807) is 0 Å². The van der Waals surface area contributed by atoms with Crippen LogP contribution in [-0.4, -0.2) is 55.2 Å². The lowest BCUT2D eigenvalue weighted by Gasteiger charge is -2.36. The molecule has 1 aliphatic rings. The molecular formula is C12H25N3O3S. The molecule has 0 aromatic heterocycles. The Bertz CT molecular complexity index is 391. The molecule has 0 spiro atoms. The first-order chi connectivity index (χ1) is 8.98. The van der Waals surface area contributed by atoms with Gasteiger partial charge in [0.15, 0.2) is 0 Å². The van der Waals surface area contributed by atoms with Crippen LogP contribution in [0.15, 0.2) is 0 Å². The maximum atomic E-state index is 12.7. The molecule has 0 radical (unpaired) electrons. The third-order valence-electron chi connectivity index (χ3n) is 3.24. The lowest BCUT2D eigenvalue weighted by Crippen LogP contribution is -2.59. The number of piperazine rings is 1. The van der Waals surface area contributed by atoms with Crippen molar-refractivity contribution in [3.63, 3.8) is 0 Å². The molecule has 1 saturated heterocycles. The summed E-state index contributed by atoms with van der Waals surface area (Å²) in [6.07, 6.45) is 2.04. The molecule has 112 valence electrons. The first-order valence-electron chi connectivity index (χ1n) is 7.03. The Labute approximate surface area is 116 Å². The highest BCUT2D eigenvalue weighted by Crippen LogP contribution is 2.18. The average Bonchev–Trinajstić information content (AvgIpc) is 2.38. The Kier molecular flexibility index (Phi) is 6.22. The largest absolute Gasteiger partial charge is 0.353 e. The predicted molar refractivity (Wildman–Crippen MR) is 74.9 cm³/mol. The highest BCUT2D eigenvalue weighted by molar-refractivity contribution is 7.86. The van der Waals surface area contributed by atoms with Crippen molar-refractivity contribution in [3.05, 3.63) is 0 Å². The van der Waals surface area contributed by atoms with Crippen LogP contribution < -0.4 is 5.32 Å². The maximum absolute atomic E-state index is 12.7. The topological polar surface area (TPSA) is 69.7 Å². The third kappa shape index (κ3) is 3.67. The summed E-state index contributed by atoms with van der Waals surface area (Å²) in [5.74, 6) is -0.190. The van der Waals surface area contributed by atoms with Gasteiger partial charge in [0.05, 0.1) is 0 Å². The van der Waals surface area contributed by atoms with E-state index in [1.165, 1.54) is 8.61 Å². The summed E-state index contributed by atoms with van der Waals surface area (Å²) in [7, 11) is -3.54. The van der Waals surface area contributed by atoms with Gasteiger partial charge in [0, 0.05) is 26.2 Å². The first-order valence-corrected chi connectivity index (χ1v) is 8.43. The molecule has 0 aromatic rings. The van der Waals surface area contributed by atoms with Gasteiger partial charge in [-0.2, -0.15) is 17.0 Å². The number of rotatable bonds is 7. The fourth-order valence-corrected chi connectivity index (χ4v) is 4.36. The van der Waals surface area contributed by atoms with E-state index in [4.69, 9.17) is 0 Å². The molecule has 0 bridgehead atoms. The van der Waals surface area contributed by atoms with Gasteiger partial charge in [-0.3, -0.25) is 4.79 Å². The number of carbonyl (C=O) groups is 1. The number of amides is 1. The Morgan fingerprint density at radius 2 is 1.84 bits per heavy atom. The zero-order valence-electron chi connectivity index (χ0n) is 12.1. The Hall–Kier alpha value is -0.660. The van der Waals surface area contributed by atoms with E-state index in [0.29, 0.717) is 32.6 Å². The normalized spacial score (nSPS) is 21.7. The fraction of sp³-hybridized carbons (Fsp3) is 0.917. The number of nitrogens with zero attached hydrogens (tertiary/aromatic N) is 2. The van der Waals surface area contributed by atoms with Gasteiger partial charge in [-0.05, 0) is 19.3 Å². The zero-order chi connectivity index (χ0) is 14.5. The van der Waals surface area contributed by atoms with Gasteiger partial charge in [-0.15, -0.1) is 0 Å². The van der Waals surface area contributed by atoms with Gasteiger partial charge in [0.1, 0.15) is 6.04 Å². The second-order valence-electron chi connectivity index (χ2n) is 4.73. The van der Waals surface area contributed by atoms with E-state index in [0.717, 1.165) is 12.8 Å². The molecule has 0 saturated carbocycles. The van der Waals surface area contributed by atoms with Crippen molar-refractivity contribution in [2.24, 2.45) is 0 Å². The molecule has 1 N–H and O–H groups in total. The van der Waals surface area contributed by atoms with Crippen LogP contribution in [0.3, 0.4) is 0 Å². The minimum absolute atomic E-state index is 0.190. The monoisotopic (exact) mass is 291 g/mol. The molecule has 1 fully saturated rings. The summed E-state index contributed by atoms with van der Waals surface area (Å²) < 4.78 is 28.2. The SMILES string of the molecule is CCCN(CCC)S(=O)(=O)N1CCNC(=O)C1CC. The lowest BCUT2D eigenvalue weighted by molar-refractivity contribution is -0.126. The highest BCUT2D eigenvalue weighted by Gasteiger charge is 2.39. The molecule has 6 nitrogen and oxygen atoms in total. The summed E-state index contributed by atoms with van der Waals surface area (Å²) in [6, 6.07) is -0.574. The van der Waals surface area contributed by atoms with Crippen molar-refractivity contribution in [1.82, 2.24) is 13.9 Å². The van der Waals surface area contributed by atoms with Crippen LogP contribution >= 0.6 is 0 Å². The molecule has 0 aliphatic carbocycles. The van der Waals surface area contributed by atoms with Crippen LogP contribution in [0.1, 0.15) is 40.0 Å². The molecule has 1 rings (SSSR count). The van der Waals surface area contributed by atoms with Crippen LogP contribution in [-0.2, 0) is 15.0 Å². The second-order valence-corrected chi connectivity index (χ2v) is 6.61. The summed E-state index contributed by atoms with van der Waals surface area (Å²) in [4.78, 5) is 11.8. The summed E-state index contributed by atoms with van der Waals surface area (Å²) in [6.45, 7) is 7.51. The highest BCUT2D eigenvalue weighted by atomic mass is 32.2. The summed E-state index contributed by atoms with van der Waals surface area (Å²) in [5, 5.41) is 2.72. The molecule has 19 heavy (non-hydrogen) atoms. The molecule has 1 aliphatic heterocycles. The molecule has 1 amide bonds. The van der Waals surface area contributed by atoms with E-state index in [1.807, 2.05) is 20.8 Å². The second kappa shape index (κ2) is 7.21. The quantitative estimate of drug-likeness (QED) is 0.745. The minimum Gasteiger partial charge on any atom is -0.353 e. The van der Waals surface area contributed by atoms with Crippen LogP contribution in [0.25, 0.3) is 0 Å². The minimum atomic E-state index is -3.54. The molecule has 0 aromatic carbocycles. The van der Waals surface area contributed by atoms with Crippen LogP contribution in [0.4, 0.5) is 0 Å². The van der Waals surface area contributed by atoms with Crippen LogP contribution in [0.5, 0.6) is 0 Å². The maximum Gasteiger partial charge on any atom is 0.282 e. The van der Waals surface area contributed by atoms with Gasteiger partial charge in [-0.25, -0.2) is 0 Å². The summed E-state index contributed by atoms with van der Waals surface area (Å²) >= 11 is 0. The first kappa shape index (κ1) is 16.4. The zero-order valence-corrected chi connectivity index (χ0v) is 12.9. The van der Waals surface area contributed by atoms with E-state index >= 15 is 0 Å². The van der Waals surface area contributed by atoms with Gasteiger partial charge < -0.3 is 5.32 Å². The molecule has 7 heteroatoms. The fourth-order valence-electron chi connectivity index (χ4n) is 2.35. The summed E-state index contributed by atoms with van der Waals surface area (Å²) in [5.41, 5.74) is 0. The van der Waals surface area contributed by atoms with Gasteiger partial charge >= 0.3 is 0 Å². The van der Waals surface area contributed by atoms with Crippen molar-refractivity contribution in [2.75, 3.05) is 26.2 Å². The Morgan fingerprint density at radius 3 is 2.32 bits per heavy atom. The molecule has 1 heterocycles. The van der Waals surface area contributed by atoms with Gasteiger partial charge in [0.2, 0.25) is 5.91 Å². The van der Waals surface area contributed by atoms with Crippen molar-refractivity contribution in [1.29, 1.82) is 0 Å². The van der Waals surface area contributed by atoms with Crippen molar-refractivity contribution in [2.45, 2.75) is 46.1 Å². The van der Waals surface area contributed by atoms with E-state index < -0.39 is 16.3 Å². The Balaban J connectivity index is 2.97. The van der Waals surface area contributed by atoms with Crippen molar-refractivity contribution in [3.8, 4) is 0 Å². The van der Waals surface area contributed by atoms with Crippen LogP contribution in [0, 0.1) is 0 Å². The molecular weight excluding hydrogens is 266 g/mol. The number of hydrogen-bond acceptors (Lipinski definition) is 3. The number of carbonyl (C=O) groups excluding carboxylic acids is 1. The number of nitrogens with one attached hydrogen (secondary N) is 1. The Morgan fingerprint density at radius 1 is 1.26 bits per heavy atom.